The van der Waals surface area contributed by atoms with Gasteiger partial charge >= 0.3 is 5.97 Å². The quantitative estimate of drug-likeness (QED) is 0.910. The van der Waals surface area contributed by atoms with E-state index in [9.17, 15) is 9.59 Å². The van der Waals surface area contributed by atoms with Crippen LogP contribution in [0.25, 0.3) is 10.9 Å². The summed E-state index contributed by atoms with van der Waals surface area (Å²) in [6, 6.07) is 5.10. The molecule has 21 heavy (non-hydrogen) atoms. The van der Waals surface area contributed by atoms with Crippen LogP contribution in [0, 0.1) is 0 Å². The lowest BCUT2D eigenvalue weighted by molar-refractivity contribution is -0.132. The summed E-state index contributed by atoms with van der Waals surface area (Å²) in [7, 11) is 0. The fourth-order valence-corrected chi connectivity index (χ4v) is 2.93. The molecule has 0 spiro atoms. The monoisotopic (exact) mass is 286 g/mol. The number of aromatic nitrogens is 1. The maximum Gasteiger partial charge on any atom is 0.335 e. The molecule has 2 N–H and O–H groups in total. The minimum atomic E-state index is -0.929. The molecule has 0 saturated carbocycles. The number of carboxylic acid groups (broad SMARTS) is 1. The molecular formula is C16H18N2O3. The van der Waals surface area contributed by atoms with E-state index in [0.717, 1.165) is 41.5 Å². The summed E-state index contributed by atoms with van der Waals surface area (Å²) in [4.78, 5) is 28.4. The van der Waals surface area contributed by atoms with E-state index in [4.69, 9.17) is 5.11 Å². The molecule has 0 saturated heterocycles. The van der Waals surface area contributed by atoms with Crippen molar-refractivity contribution in [3.8, 4) is 0 Å². The van der Waals surface area contributed by atoms with Crippen LogP contribution in [-0.4, -0.2) is 33.4 Å². The van der Waals surface area contributed by atoms with Crippen molar-refractivity contribution in [3.05, 3.63) is 35.0 Å². The zero-order chi connectivity index (χ0) is 15.0. The van der Waals surface area contributed by atoms with Crippen LogP contribution in [-0.2, 0) is 17.8 Å². The van der Waals surface area contributed by atoms with Gasteiger partial charge in [-0.3, -0.25) is 4.79 Å². The lowest BCUT2D eigenvalue weighted by Crippen LogP contribution is -2.35. The first-order valence-electron chi connectivity index (χ1n) is 7.24. The Hall–Kier alpha value is -2.30. The van der Waals surface area contributed by atoms with Crippen LogP contribution >= 0.6 is 0 Å². The molecule has 0 fully saturated rings. The predicted molar refractivity (Wildman–Crippen MR) is 79.3 cm³/mol. The topological polar surface area (TPSA) is 73.4 Å². The molecule has 5 nitrogen and oxygen atoms in total. The highest BCUT2D eigenvalue weighted by atomic mass is 16.4. The zero-order valence-corrected chi connectivity index (χ0v) is 12.0. The maximum absolute atomic E-state index is 12.1. The molecule has 110 valence electrons. The molecule has 0 atom stereocenters. The Balaban J connectivity index is 1.99. The number of carboxylic acids is 1. The molecule has 1 aromatic heterocycles. The van der Waals surface area contributed by atoms with Crippen molar-refractivity contribution in [2.75, 3.05) is 6.54 Å². The lowest BCUT2D eigenvalue weighted by Gasteiger charge is -2.27. The van der Waals surface area contributed by atoms with Crippen LogP contribution in [0.5, 0.6) is 0 Å². The smallest absolute Gasteiger partial charge is 0.335 e. The Morgan fingerprint density at radius 2 is 2.19 bits per heavy atom. The van der Waals surface area contributed by atoms with Gasteiger partial charge < -0.3 is 15.0 Å². The highest BCUT2D eigenvalue weighted by molar-refractivity contribution is 5.95. The van der Waals surface area contributed by atoms with Crippen LogP contribution in [0.2, 0.25) is 0 Å². The molecule has 3 rings (SSSR count). The van der Waals surface area contributed by atoms with Crippen molar-refractivity contribution >= 4 is 22.8 Å². The fraction of sp³-hybridized carbons (Fsp3) is 0.375. The molecule has 1 aliphatic heterocycles. The van der Waals surface area contributed by atoms with Crippen molar-refractivity contribution in [3.63, 3.8) is 0 Å². The summed E-state index contributed by atoms with van der Waals surface area (Å²) >= 11 is 0. The van der Waals surface area contributed by atoms with Gasteiger partial charge in [0.05, 0.1) is 5.56 Å². The number of aromatic carboxylic acids is 1. The molecule has 0 bridgehead atoms. The second-order valence-corrected chi connectivity index (χ2v) is 5.46. The van der Waals surface area contributed by atoms with E-state index in [2.05, 4.69) is 4.98 Å². The van der Waals surface area contributed by atoms with Gasteiger partial charge in [-0.05, 0) is 24.6 Å². The van der Waals surface area contributed by atoms with E-state index in [1.807, 2.05) is 11.8 Å². The van der Waals surface area contributed by atoms with E-state index in [1.54, 1.807) is 18.2 Å². The number of fused-ring (bicyclic) bond motifs is 3. The Morgan fingerprint density at radius 1 is 1.38 bits per heavy atom. The Bertz CT molecular complexity index is 718. The average Bonchev–Trinajstić information content (AvgIpc) is 2.84. The van der Waals surface area contributed by atoms with E-state index in [1.165, 1.54) is 0 Å². The number of benzene rings is 1. The Morgan fingerprint density at radius 3 is 2.90 bits per heavy atom. The number of hydrogen-bond donors (Lipinski definition) is 2. The summed E-state index contributed by atoms with van der Waals surface area (Å²) in [6.07, 6.45) is 2.21. The normalized spacial score (nSPS) is 14.2. The first kappa shape index (κ1) is 13.7. The molecule has 2 aromatic rings. The van der Waals surface area contributed by atoms with Crippen molar-refractivity contribution in [1.82, 2.24) is 9.88 Å². The molecule has 1 aromatic carbocycles. The number of hydrogen-bond acceptors (Lipinski definition) is 2. The van der Waals surface area contributed by atoms with Gasteiger partial charge in [-0.25, -0.2) is 4.79 Å². The van der Waals surface area contributed by atoms with Gasteiger partial charge in [-0.2, -0.15) is 0 Å². The summed E-state index contributed by atoms with van der Waals surface area (Å²) in [5.41, 5.74) is 3.40. The molecule has 1 aliphatic rings. The van der Waals surface area contributed by atoms with Crippen LogP contribution in [0.3, 0.4) is 0 Å². The van der Waals surface area contributed by atoms with E-state index >= 15 is 0 Å². The number of rotatable bonds is 3. The minimum absolute atomic E-state index is 0.173. The van der Waals surface area contributed by atoms with Gasteiger partial charge in [0.1, 0.15) is 0 Å². The van der Waals surface area contributed by atoms with Gasteiger partial charge in [0.2, 0.25) is 5.91 Å². The van der Waals surface area contributed by atoms with Crippen molar-refractivity contribution < 1.29 is 14.7 Å². The number of carbonyl (C=O) groups excluding carboxylic acids is 1. The minimum Gasteiger partial charge on any atom is -0.478 e. The summed E-state index contributed by atoms with van der Waals surface area (Å²) in [5, 5.41) is 10.0. The second-order valence-electron chi connectivity index (χ2n) is 5.46. The van der Waals surface area contributed by atoms with Crippen molar-refractivity contribution in [1.29, 1.82) is 0 Å². The van der Waals surface area contributed by atoms with Crippen LogP contribution < -0.4 is 0 Å². The van der Waals surface area contributed by atoms with Gasteiger partial charge in [0.15, 0.2) is 0 Å². The van der Waals surface area contributed by atoms with E-state index in [-0.39, 0.29) is 11.5 Å². The highest BCUT2D eigenvalue weighted by Gasteiger charge is 2.23. The Kier molecular flexibility index (Phi) is 3.41. The first-order valence-corrected chi connectivity index (χ1v) is 7.24. The summed E-state index contributed by atoms with van der Waals surface area (Å²) in [6.45, 7) is 3.29. The molecule has 5 heteroatoms. The third kappa shape index (κ3) is 2.39. The van der Waals surface area contributed by atoms with Crippen molar-refractivity contribution in [2.45, 2.75) is 32.7 Å². The highest BCUT2D eigenvalue weighted by Crippen LogP contribution is 2.29. The zero-order valence-electron chi connectivity index (χ0n) is 12.0. The molecule has 1 amide bonds. The van der Waals surface area contributed by atoms with Crippen molar-refractivity contribution in [2.24, 2.45) is 0 Å². The van der Waals surface area contributed by atoms with Gasteiger partial charge in [-0.1, -0.05) is 6.92 Å². The van der Waals surface area contributed by atoms with Crippen LogP contribution in [0.1, 0.15) is 41.4 Å². The predicted octanol–water partition coefficient (Wildman–Crippen LogP) is 2.55. The molecule has 0 radical (unpaired) electrons. The number of carbonyl (C=O) groups is 2. The third-order valence-corrected chi connectivity index (χ3v) is 4.04. The number of aromatic amines is 1. The second kappa shape index (κ2) is 5.24. The first-order chi connectivity index (χ1) is 10.1. The van der Waals surface area contributed by atoms with Crippen LogP contribution in [0.4, 0.5) is 0 Å². The molecule has 2 heterocycles. The van der Waals surface area contributed by atoms with Gasteiger partial charge in [0, 0.05) is 48.1 Å². The Labute approximate surface area is 122 Å². The van der Waals surface area contributed by atoms with Crippen LogP contribution in [0.15, 0.2) is 18.2 Å². The number of H-pyrrole nitrogens is 1. The van der Waals surface area contributed by atoms with E-state index in [0.29, 0.717) is 13.0 Å². The molecule has 0 unspecified atom stereocenters. The average molecular weight is 286 g/mol. The number of nitrogens with one attached hydrogen (secondary N) is 1. The van der Waals surface area contributed by atoms with E-state index < -0.39 is 5.97 Å². The number of nitrogens with zero attached hydrogens (tertiary/aromatic N) is 1. The lowest BCUT2D eigenvalue weighted by atomic mass is 10.0. The molecule has 0 aliphatic carbocycles. The maximum atomic E-state index is 12.1. The largest absolute Gasteiger partial charge is 0.478 e. The standard InChI is InChI=1S/C16H18N2O3/c1-2-3-15(19)18-7-6-14-12(9-18)11-8-10(16(20)21)4-5-13(11)17-14/h4-5,8,17H,2-3,6-7,9H2,1H3,(H,20,21). The van der Waals surface area contributed by atoms with Gasteiger partial charge in [-0.15, -0.1) is 0 Å². The SMILES string of the molecule is CCCC(=O)N1CCc2[nH]c3ccc(C(=O)O)cc3c2C1. The number of amides is 1. The summed E-state index contributed by atoms with van der Waals surface area (Å²) in [5.74, 6) is -0.756. The third-order valence-electron chi connectivity index (χ3n) is 4.04. The summed E-state index contributed by atoms with van der Waals surface area (Å²) < 4.78 is 0. The van der Waals surface area contributed by atoms with Gasteiger partial charge in [0.25, 0.3) is 0 Å². The fourth-order valence-electron chi connectivity index (χ4n) is 2.93. The molecular weight excluding hydrogens is 268 g/mol.